The second-order valence-corrected chi connectivity index (χ2v) is 5.05. The number of rotatable bonds is 1. The van der Waals surface area contributed by atoms with Gasteiger partial charge in [0.1, 0.15) is 11.3 Å². The molecule has 0 radical (unpaired) electrons. The summed E-state index contributed by atoms with van der Waals surface area (Å²) >= 11 is 0. The highest BCUT2D eigenvalue weighted by Gasteiger charge is 2.18. The van der Waals surface area contributed by atoms with Gasteiger partial charge in [0.2, 0.25) is 0 Å². The number of nitrogens with zero attached hydrogens (tertiary/aromatic N) is 3. The Morgan fingerprint density at radius 2 is 1.81 bits per heavy atom. The normalized spacial score (nSPS) is 11.3. The fraction of sp³-hybridized carbons (Fsp3) is 0.118. The van der Waals surface area contributed by atoms with Crippen LogP contribution in [-0.2, 0) is 0 Å². The van der Waals surface area contributed by atoms with Gasteiger partial charge in [0.25, 0.3) is 0 Å². The molecule has 0 atom stereocenters. The van der Waals surface area contributed by atoms with Crippen molar-refractivity contribution in [3.05, 3.63) is 54.2 Å². The molecule has 0 aliphatic rings. The van der Waals surface area contributed by atoms with E-state index in [9.17, 15) is 0 Å². The largest absolute Gasteiger partial charge is 0.459 e. The highest BCUT2D eigenvalue weighted by atomic mass is 16.3. The van der Waals surface area contributed by atoms with E-state index in [2.05, 4.69) is 16.9 Å². The van der Waals surface area contributed by atoms with Gasteiger partial charge in [0.05, 0.1) is 16.6 Å². The van der Waals surface area contributed by atoms with Crippen LogP contribution in [0.4, 0.5) is 0 Å². The Hall–Kier alpha value is -2.75. The van der Waals surface area contributed by atoms with Gasteiger partial charge in [-0.3, -0.25) is 9.97 Å². The van der Waals surface area contributed by atoms with Gasteiger partial charge < -0.3 is 4.42 Å². The van der Waals surface area contributed by atoms with Crippen molar-refractivity contribution in [2.45, 2.75) is 13.8 Å². The number of furan rings is 1. The van der Waals surface area contributed by atoms with Crippen LogP contribution in [0.5, 0.6) is 0 Å². The summed E-state index contributed by atoms with van der Waals surface area (Å²) in [6.07, 6.45) is 5.32. The van der Waals surface area contributed by atoms with Crippen LogP contribution in [0.3, 0.4) is 0 Å². The molecule has 0 saturated carbocycles. The van der Waals surface area contributed by atoms with Gasteiger partial charge in [-0.25, -0.2) is 4.98 Å². The topological polar surface area (TPSA) is 51.8 Å². The molecule has 4 rings (SSSR count). The Morgan fingerprint density at radius 1 is 1.00 bits per heavy atom. The Bertz CT molecular complexity index is 958. The third kappa shape index (κ3) is 1.72. The standard InChI is InChI=1S/C17H13N3O/c1-10-11(2)21-17-14(10)15(12-5-8-18-9-6-12)20-13-4-3-7-19-16(13)17/h3-9H,1-2H3. The SMILES string of the molecule is Cc1oc2c(c(-c3ccncc3)nc3cccnc32)c1C. The van der Waals surface area contributed by atoms with Crippen LogP contribution in [-0.4, -0.2) is 15.0 Å². The zero-order chi connectivity index (χ0) is 14.4. The zero-order valence-electron chi connectivity index (χ0n) is 11.8. The van der Waals surface area contributed by atoms with E-state index in [0.717, 1.165) is 44.6 Å². The van der Waals surface area contributed by atoms with Gasteiger partial charge >= 0.3 is 0 Å². The van der Waals surface area contributed by atoms with Crippen LogP contribution >= 0.6 is 0 Å². The molecule has 0 aliphatic heterocycles. The van der Waals surface area contributed by atoms with E-state index in [1.165, 1.54) is 0 Å². The molecule has 0 saturated heterocycles. The molecule has 21 heavy (non-hydrogen) atoms. The van der Waals surface area contributed by atoms with Gasteiger partial charge in [-0.05, 0) is 38.1 Å². The maximum atomic E-state index is 5.96. The number of hydrogen-bond acceptors (Lipinski definition) is 4. The third-order valence-electron chi connectivity index (χ3n) is 3.81. The van der Waals surface area contributed by atoms with E-state index in [-0.39, 0.29) is 0 Å². The van der Waals surface area contributed by atoms with Gasteiger partial charge in [-0.2, -0.15) is 0 Å². The number of aryl methyl sites for hydroxylation is 2. The van der Waals surface area contributed by atoms with Crippen molar-refractivity contribution in [3.8, 4) is 11.3 Å². The summed E-state index contributed by atoms with van der Waals surface area (Å²) in [4.78, 5) is 13.3. The summed E-state index contributed by atoms with van der Waals surface area (Å²) in [6.45, 7) is 4.03. The van der Waals surface area contributed by atoms with Gasteiger partial charge in [0.15, 0.2) is 5.58 Å². The van der Waals surface area contributed by atoms with E-state index in [4.69, 9.17) is 9.40 Å². The van der Waals surface area contributed by atoms with Crippen molar-refractivity contribution in [2.24, 2.45) is 0 Å². The molecule has 0 unspecified atom stereocenters. The summed E-state index contributed by atoms with van der Waals surface area (Å²) in [5.41, 5.74) is 5.51. The first-order chi connectivity index (χ1) is 10.3. The molecule has 0 aromatic carbocycles. The predicted molar refractivity (Wildman–Crippen MR) is 82.0 cm³/mol. The molecule has 0 spiro atoms. The minimum Gasteiger partial charge on any atom is -0.459 e. The lowest BCUT2D eigenvalue weighted by Crippen LogP contribution is -1.90. The molecular formula is C17H13N3O. The molecule has 0 fully saturated rings. The van der Waals surface area contributed by atoms with Crippen LogP contribution in [0.2, 0.25) is 0 Å². The third-order valence-corrected chi connectivity index (χ3v) is 3.81. The number of pyridine rings is 3. The van der Waals surface area contributed by atoms with E-state index in [1.54, 1.807) is 18.6 Å². The van der Waals surface area contributed by atoms with E-state index >= 15 is 0 Å². The molecule has 4 heterocycles. The van der Waals surface area contributed by atoms with E-state index in [1.807, 2.05) is 31.2 Å². The molecule has 0 aliphatic carbocycles. The fourth-order valence-corrected chi connectivity index (χ4v) is 2.64. The summed E-state index contributed by atoms with van der Waals surface area (Å²) in [7, 11) is 0. The summed E-state index contributed by atoms with van der Waals surface area (Å²) in [5, 5.41) is 1.03. The second-order valence-electron chi connectivity index (χ2n) is 5.05. The van der Waals surface area contributed by atoms with Crippen LogP contribution < -0.4 is 0 Å². The Labute approximate surface area is 121 Å². The first kappa shape index (κ1) is 12.0. The average Bonchev–Trinajstić information content (AvgIpc) is 2.83. The molecule has 0 amide bonds. The van der Waals surface area contributed by atoms with Crippen molar-refractivity contribution < 1.29 is 4.42 Å². The average molecular weight is 275 g/mol. The van der Waals surface area contributed by atoms with Gasteiger partial charge in [0, 0.05) is 29.7 Å². The van der Waals surface area contributed by atoms with Gasteiger partial charge in [-0.1, -0.05) is 0 Å². The minimum absolute atomic E-state index is 0.807. The fourth-order valence-electron chi connectivity index (χ4n) is 2.64. The molecule has 102 valence electrons. The van der Waals surface area contributed by atoms with Crippen molar-refractivity contribution in [3.63, 3.8) is 0 Å². The maximum absolute atomic E-state index is 5.96. The lowest BCUT2D eigenvalue weighted by molar-refractivity contribution is 0.577. The number of hydrogen-bond donors (Lipinski definition) is 0. The van der Waals surface area contributed by atoms with Crippen LogP contribution in [0.1, 0.15) is 11.3 Å². The zero-order valence-corrected chi connectivity index (χ0v) is 11.8. The highest BCUT2D eigenvalue weighted by molar-refractivity contribution is 6.07. The number of fused-ring (bicyclic) bond motifs is 3. The second kappa shape index (κ2) is 4.38. The van der Waals surface area contributed by atoms with Crippen molar-refractivity contribution in [1.29, 1.82) is 0 Å². The lowest BCUT2D eigenvalue weighted by atomic mass is 10.0. The Kier molecular flexibility index (Phi) is 2.51. The van der Waals surface area contributed by atoms with E-state index in [0.29, 0.717) is 0 Å². The minimum atomic E-state index is 0.807. The van der Waals surface area contributed by atoms with E-state index < -0.39 is 0 Å². The first-order valence-electron chi connectivity index (χ1n) is 6.80. The lowest BCUT2D eigenvalue weighted by Gasteiger charge is -2.05. The number of aromatic nitrogens is 3. The maximum Gasteiger partial charge on any atom is 0.164 e. The summed E-state index contributed by atoms with van der Waals surface area (Å²) in [6, 6.07) is 7.78. The Balaban J connectivity index is 2.23. The monoisotopic (exact) mass is 275 g/mol. The van der Waals surface area contributed by atoms with Crippen LogP contribution in [0.25, 0.3) is 33.3 Å². The Morgan fingerprint density at radius 3 is 2.62 bits per heavy atom. The quantitative estimate of drug-likeness (QED) is 0.525. The van der Waals surface area contributed by atoms with Crippen molar-refractivity contribution >= 4 is 22.0 Å². The predicted octanol–water partition coefficient (Wildman–Crippen LogP) is 4.05. The highest BCUT2D eigenvalue weighted by Crippen LogP contribution is 2.36. The molecule has 4 heteroatoms. The smallest absolute Gasteiger partial charge is 0.164 e. The van der Waals surface area contributed by atoms with Gasteiger partial charge in [-0.15, -0.1) is 0 Å². The summed E-state index contributed by atoms with van der Waals surface area (Å²) < 4.78 is 5.96. The molecule has 0 bridgehead atoms. The van der Waals surface area contributed by atoms with Crippen LogP contribution in [0.15, 0.2) is 47.3 Å². The molecule has 0 N–H and O–H groups in total. The summed E-state index contributed by atoms with van der Waals surface area (Å²) in [5.74, 6) is 0.903. The molecule has 4 nitrogen and oxygen atoms in total. The first-order valence-corrected chi connectivity index (χ1v) is 6.80. The van der Waals surface area contributed by atoms with Crippen molar-refractivity contribution in [1.82, 2.24) is 15.0 Å². The molecule has 4 aromatic rings. The molecular weight excluding hydrogens is 262 g/mol. The van der Waals surface area contributed by atoms with Crippen molar-refractivity contribution in [2.75, 3.05) is 0 Å². The van der Waals surface area contributed by atoms with Crippen LogP contribution in [0, 0.1) is 13.8 Å². The molecule has 4 aromatic heterocycles.